The molecule has 0 N–H and O–H groups in total. The van der Waals surface area contributed by atoms with Crippen LogP contribution in [0.3, 0.4) is 0 Å². The second kappa shape index (κ2) is 4.43. The predicted octanol–water partition coefficient (Wildman–Crippen LogP) is 4.04. The van der Waals surface area contributed by atoms with Gasteiger partial charge in [0.15, 0.2) is 11.6 Å². The molecule has 19 heavy (non-hydrogen) atoms. The maximum Gasteiger partial charge on any atom is 0.261 e. The Bertz CT molecular complexity index is 788. The van der Waals surface area contributed by atoms with Crippen LogP contribution >= 0.6 is 23.2 Å². The van der Waals surface area contributed by atoms with Crippen molar-refractivity contribution in [2.24, 2.45) is 0 Å². The quantitative estimate of drug-likeness (QED) is 0.636. The summed E-state index contributed by atoms with van der Waals surface area (Å²) in [5, 5.41) is 4.56. The van der Waals surface area contributed by atoms with Crippen molar-refractivity contribution in [1.82, 2.24) is 15.1 Å². The minimum absolute atomic E-state index is 0.0948. The summed E-state index contributed by atoms with van der Waals surface area (Å²) in [5.74, 6) is 0.179. The van der Waals surface area contributed by atoms with Gasteiger partial charge in [0.1, 0.15) is 10.7 Å². The molecule has 2 heterocycles. The number of nitrogens with zero attached hydrogens (tertiary/aromatic N) is 3. The first-order valence-electron chi connectivity index (χ1n) is 5.30. The van der Waals surface area contributed by atoms with Crippen LogP contribution in [0.25, 0.3) is 22.4 Å². The van der Waals surface area contributed by atoms with Crippen molar-refractivity contribution < 1.29 is 8.91 Å². The third-order valence-electron chi connectivity index (χ3n) is 2.55. The van der Waals surface area contributed by atoms with Crippen LogP contribution < -0.4 is 0 Å². The molecular formula is C12H6Cl2FN3O. The van der Waals surface area contributed by atoms with Crippen LogP contribution in [0.15, 0.2) is 22.7 Å². The van der Waals surface area contributed by atoms with Crippen molar-refractivity contribution in [2.75, 3.05) is 0 Å². The van der Waals surface area contributed by atoms with Gasteiger partial charge in [-0.15, -0.1) is 0 Å². The molecule has 4 nitrogen and oxygen atoms in total. The first-order valence-corrected chi connectivity index (χ1v) is 6.06. The molecule has 3 aromatic rings. The van der Waals surface area contributed by atoms with Crippen LogP contribution in [0.1, 0.15) is 5.82 Å². The lowest BCUT2D eigenvalue weighted by molar-refractivity contribution is 0.425. The molecule has 1 aromatic carbocycles. The third kappa shape index (κ3) is 2.15. The maximum absolute atomic E-state index is 13.7. The van der Waals surface area contributed by atoms with E-state index in [1.807, 2.05) is 0 Å². The molecule has 0 saturated heterocycles. The van der Waals surface area contributed by atoms with E-state index in [0.717, 1.165) is 0 Å². The summed E-state index contributed by atoms with van der Waals surface area (Å²) >= 11 is 11.8. The molecule has 0 saturated carbocycles. The molecule has 96 valence electrons. The number of fused-ring (bicyclic) bond motifs is 1. The van der Waals surface area contributed by atoms with E-state index in [1.54, 1.807) is 19.1 Å². The van der Waals surface area contributed by atoms with Crippen molar-refractivity contribution in [3.05, 3.63) is 40.0 Å². The number of aryl methyl sites for hydroxylation is 1. The van der Waals surface area contributed by atoms with Crippen LogP contribution in [0.5, 0.6) is 0 Å². The first-order chi connectivity index (χ1) is 9.04. The predicted molar refractivity (Wildman–Crippen MR) is 69.8 cm³/mol. The van der Waals surface area contributed by atoms with Crippen LogP contribution in [0, 0.1) is 12.7 Å². The molecule has 3 rings (SSSR count). The summed E-state index contributed by atoms with van der Waals surface area (Å²) < 4.78 is 18.7. The minimum Gasteiger partial charge on any atom is -0.334 e. The number of benzene rings is 1. The van der Waals surface area contributed by atoms with E-state index in [1.165, 1.54) is 6.07 Å². The Labute approximate surface area is 117 Å². The van der Waals surface area contributed by atoms with Crippen molar-refractivity contribution in [2.45, 2.75) is 6.92 Å². The van der Waals surface area contributed by atoms with Gasteiger partial charge in [-0.2, -0.15) is 4.98 Å². The molecule has 2 aromatic heterocycles. The second-order valence-electron chi connectivity index (χ2n) is 3.93. The Hall–Kier alpha value is -1.72. The zero-order valence-corrected chi connectivity index (χ0v) is 11.1. The minimum atomic E-state index is -0.530. The summed E-state index contributed by atoms with van der Waals surface area (Å²) in [6.07, 6.45) is 0. The molecule has 0 unspecified atom stereocenters. The summed E-state index contributed by atoms with van der Waals surface area (Å²) in [6.45, 7) is 1.69. The molecule has 0 atom stereocenters. The van der Waals surface area contributed by atoms with Crippen molar-refractivity contribution in [3.8, 4) is 11.5 Å². The van der Waals surface area contributed by atoms with Crippen molar-refractivity contribution in [1.29, 1.82) is 0 Å². The molecule has 0 aliphatic rings. The Balaban J connectivity index is 2.30. The summed E-state index contributed by atoms with van der Waals surface area (Å²) in [5.41, 5.74) is 0.589. The first kappa shape index (κ1) is 12.3. The fourth-order valence-electron chi connectivity index (χ4n) is 1.74. The van der Waals surface area contributed by atoms with E-state index in [0.29, 0.717) is 16.8 Å². The van der Waals surface area contributed by atoms with Crippen molar-refractivity contribution in [3.63, 3.8) is 0 Å². The standard InChI is InChI=1S/C12H6Cl2FN3O/c1-5-16-12(19-18-5)8-3-6-2-7(13)4-9(15)10(6)17-11(8)14/h2-4H,1H3. The monoisotopic (exact) mass is 297 g/mol. The summed E-state index contributed by atoms with van der Waals surface area (Å²) in [4.78, 5) is 8.07. The van der Waals surface area contributed by atoms with Gasteiger partial charge in [0.2, 0.25) is 0 Å². The van der Waals surface area contributed by atoms with Gasteiger partial charge in [0, 0.05) is 10.4 Å². The largest absolute Gasteiger partial charge is 0.334 e. The highest BCUT2D eigenvalue weighted by atomic mass is 35.5. The highest BCUT2D eigenvalue weighted by Crippen LogP contribution is 2.31. The molecule has 7 heteroatoms. The zero-order chi connectivity index (χ0) is 13.6. The van der Waals surface area contributed by atoms with Crippen LogP contribution in [0.4, 0.5) is 4.39 Å². The van der Waals surface area contributed by atoms with E-state index < -0.39 is 5.82 Å². The second-order valence-corrected chi connectivity index (χ2v) is 4.73. The van der Waals surface area contributed by atoms with E-state index in [-0.39, 0.29) is 21.6 Å². The maximum atomic E-state index is 13.7. The Morgan fingerprint density at radius 1 is 1.16 bits per heavy atom. The van der Waals surface area contributed by atoms with Gasteiger partial charge in [-0.3, -0.25) is 0 Å². The van der Waals surface area contributed by atoms with Crippen LogP contribution in [0.2, 0.25) is 10.2 Å². The zero-order valence-electron chi connectivity index (χ0n) is 9.62. The SMILES string of the molecule is Cc1noc(-c2cc3cc(Cl)cc(F)c3nc2Cl)n1. The normalized spacial score (nSPS) is 11.2. The molecule has 0 aliphatic carbocycles. The number of pyridine rings is 1. The fraction of sp³-hybridized carbons (Fsp3) is 0.0833. The molecule has 0 amide bonds. The lowest BCUT2D eigenvalue weighted by Gasteiger charge is -2.04. The molecule has 0 aliphatic heterocycles. The summed E-state index contributed by atoms with van der Waals surface area (Å²) in [6, 6.07) is 4.40. The van der Waals surface area contributed by atoms with Gasteiger partial charge in [-0.25, -0.2) is 9.37 Å². The number of hydrogen-bond donors (Lipinski definition) is 0. The highest BCUT2D eigenvalue weighted by Gasteiger charge is 2.15. The van der Waals surface area contributed by atoms with E-state index in [4.69, 9.17) is 27.7 Å². The number of halogens is 3. The summed E-state index contributed by atoms with van der Waals surface area (Å²) in [7, 11) is 0. The molecular weight excluding hydrogens is 292 g/mol. The smallest absolute Gasteiger partial charge is 0.261 e. The molecule has 0 fully saturated rings. The van der Waals surface area contributed by atoms with Crippen molar-refractivity contribution >= 4 is 34.1 Å². The average molecular weight is 298 g/mol. The van der Waals surface area contributed by atoms with E-state index >= 15 is 0 Å². The average Bonchev–Trinajstić information content (AvgIpc) is 2.76. The number of aromatic nitrogens is 3. The van der Waals surface area contributed by atoms with Gasteiger partial charge < -0.3 is 4.52 Å². The fourth-order valence-corrected chi connectivity index (χ4v) is 2.18. The van der Waals surface area contributed by atoms with Gasteiger partial charge >= 0.3 is 0 Å². The molecule has 0 bridgehead atoms. The van der Waals surface area contributed by atoms with Crippen LogP contribution in [-0.2, 0) is 0 Å². The van der Waals surface area contributed by atoms with Gasteiger partial charge in [-0.05, 0) is 25.1 Å². The Morgan fingerprint density at radius 2 is 1.95 bits per heavy atom. The van der Waals surface area contributed by atoms with Gasteiger partial charge in [0.25, 0.3) is 5.89 Å². The van der Waals surface area contributed by atoms with E-state index in [2.05, 4.69) is 15.1 Å². The number of rotatable bonds is 1. The Kier molecular flexibility index (Phi) is 2.88. The highest BCUT2D eigenvalue weighted by molar-refractivity contribution is 6.33. The number of hydrogen-bond acceptors (Lipinski definition) is 4. The van der Waals surface area contributed by atoms with Gasteiger partial charge in [0.05, 0.1) is 5.56 Å². The van der Waals surface area contributed by atoms with Crippen LogP contribution in [-0.4, -0.2) is 15.1 Å². The molecule has 0 spiro atoms. The lowest BCUT2D eigenvalue weighted by atomic mass is 10.1. The molecule has 0 radical (unpaired) electrons. The topological polar surface area (TPSA) is 51.8 Å². The van der Waals surface area contributed by atoms with E-state index in [9.17, 15) is 4.39 Å². The Morgan fingerprint density at radius 3 is 2.63 bits per heavy atom. The lowest BCUT2D eigenvalue weighted by Crippen LogP contribution is -1.90. The van der Waals surface area contributed by atoms with Gasteiger partial charge in [-0.1, -0.05) is 28.4 Å². The third-order valence-corrected chi connectivity index (χ3v) is 3.05.